The molecule has 1 unspecified atom stereocenters. The van der Waals surface area contributed by atoms with E-state index < -0.39 is 5.79 Å². The number of hydrogen-bond acceptors (Lipinski definition) is 4. The maximum Gasteiger partial charge on any atom is 0.162 e. The van der Waals surface area contributed by atoms with Crippen LogP contribution in [0.3, 0.4) is 0 Å². The predicted molar refractivity (Wildman–Crippen MR) is 44.5 cm³/mol. The summed E-state index contributed by atoms with van der Waals surface area (Å²) in [5, 5.41) is 8.78. The molecule has 4 heteroatoms. The highest BCUT2D eigenvalue weighted by Gasteiger charge is 2.30. The first kappa shape index (κ1) is 9.92. The van der Waals surface area contributed by atoms with Crippen molar-refractivity contribution in [3.05, 3.63) is 0 Å². The van der Waals surface area contributed by atoms with Crippen molar-refractivity contribution < 1.29 is 14.6 Å². The summed E-state index contributed by atoms with van der Waals surface area (Å²) in [5.74, 6) is -0.380. The lowest BCUT2D eigenvalue weighted by Crippen LogP contribution is -2.47. The quantitative estimate of drug-likeness (QED) is 0.605. The van der Waals surface area contributed by atoms with Gasteiger partial charge >= 0.3 is 0 Å². The Balaban J connectivity index is 2.36. The van der Waals surface area contributed by atoms with E-state index in [2.05, 4.69) is 0 Å². The third-order valence-corrected chi connectivity index (χ3v) is 2.11. The van der Waals surface area contributed by atoms with E-state index in [1.54, 1.807) is 0 Å². The fourth-order valence-electron chi connectivity index (χ4n) is 1.10. The SMILES string of the molecule is CC1(C)OCC(C(N)CO)CO1. The van der Waals surface area contributed by atoms with Crippen LogP contribution in [0, 0.1) is 5.92 Å². The van der Waals surface area contributed by atoms with Gasteiger partial charge in [0.05, 0.1) is 19.8 Å². The molecular weight excluding hydrogens is 158 g/mol. The molecule has 1 saturated heterocycles. The number of aliphatic hydroxyl groups is 1. The summed E-state index contributed by atoms with van der Waals surface area (Å²) in [4.78, 5) is 0. The number of nitrogens with two attached hydrogens (primary N) is 1. The highest BCUT2D eigenvalue weighted by Crippen LogP contribution is 2.21. The third-order valence-electron chi connectivity index (χ3n) is 2.11. The Labute approximate surface area is 72.6 Å². The van der Waals surface area contributed by atoms with Crippen LogP contribution >= 0.6 is 0 Å². The van der Waals surface area contributed by atoms with E-state index >= 15 is 0 Å². The maximum atomic E-state index is 8.78. The normalized spacial score (nSPS) is 27.0. The van der Waals surface area contributed by atoms with Gasteiger partial charge in [-0.2, -0.15) is 0 Å². The molecule has 3 N–H and O–H groups in total. The zero-order chi connectivity index (χ0) is 9.19. The first-order valence-electron chi connectivity index (χ1n) is 4.19. The van der Waals surface area contributed by atoms with E-state index in [-0.39, 0.29) is 18.6 Å². The summed E-state index contributed by atoms with van der Waals surface area (Å²) < 4.78 is 10.8. The minimum absolute atomic E-state index is 0.0161. The van der Waals surface area contributed by atoms with Gasteiger partial charge in [0, 0.05) is 12.0 Å². The lowest BCUT2D eigenvalue weighted by Gasteiger charge is -2.36. The summed E-state index contributed by atoms with van der Waals surface area (Å²) in [6.07, 6.45) is 0. The van der Waals surface area contributed by atoms with Crippen LogP contribution in [0.15, 0.2) is 0 Å². The van der Waals surface area contributed by atoms with E-state index in [1.807, 2.05) is 13.8 Å². The fourth-order valence-corrected chi connectivity index (χ4v) is 1.10. The Morgan fingerprint density at radius 2 is 2.00 bits per heavy atom. The molecule has 0 amide bonds. The average molecular weight is 175 g/mol. The first-order chi connectivity index (χ1) is 5.55. The van der Waals surface area contributed by atoms with Crippen molar-refractivity contribution in [1.29, 1.82) is 0 Å². The van der Waals surface area contributed by atoms with Crippen molar-refractivity contribution in [1.82, 2.24) is 0 Å². The molecule has 1 rings (SSSR count). The Hall–Kier alpha value is -0.160. The van der Waals surface area contributed by atoms with Crippen LogP contribution in [0.4, 0.5) is 0 Å². The monoisotopic (exact) mass is 175 g/mol. The van der Waals surface area contributed by atoms with Crippen LogP contribution in [-0.4, -0.2) is 36.8 Å². The molecule has 0 aromatic carbocycles. The lowest BCUT2D eigenvalue weighted by atomic mass is 10.0. The van der Waals surface area contributed by atoms with E-state index in [0.717, 1.165) is 0 Å². The summed E-state index contributed by atoms with van der Waals surface area (Å²) in [7, 11) is 0. The molecule has 0 radical (unpaired) electrons. The molecule has 4 nitrogen and oxygen atoms in total. The van der Waals surface area contributed by atoms with Gasteiger partial charge in [-0.25, -0.2) is 0 Å². The molecule has 1 atom stereocenters. The van der Waals surface area contributed by atoms with Gasteiger partial charge in [-0.1, -0.05) is 0 Å². The van der Waals surface area contributed by atoms with E-state index in [9.17, 15) is 0 Å². The largest absolute Gasteiger partial charge is 0.395 e. The topological polar surface area (TPSA) is 64.7 Å². The molecule has 1 fully saturated rings. The highest BCUT2D eigenvalue weighted by molar-refractivity contribution is 4.76. The van der Waals surface area contributed by atoms with E-state index in [4.69, 9.17) is 20.3 Å². The molecule has 0 saturated carbocycles. The summed E-state index contributed by atoms with van der Waals surface area (Å²) in [6.45, 7) is 4.85. The standard InChI is InChI=1S/C8H17NO3/c1-8(2)11-4-6(5-12-8)7(9)3-10/h6-7,10H,3-5,9H2,1-2H3. The Kier molecular flexibility index (Phi) is 3.06. The molecule has 0 spiro atoms. The predicted octanol–water partition coefficient (Wildman–Crippen LogP) is -0.295. The van der Waals surface area contributed by atoms with Crippen molar-refractivity contribution in [2.45, 2.75) is 25.7 Å². The van der Waals surface area contributed by atoms with Crippen molar-refractivity contribution in [2.24, 2.45) is 11.7 Å². The van der Waals surface area contributed by atoms with Crippen molar-refractivity contribution in [2.75, 3.05) is 19.8 Å². The van der Waals surface area contributed by atoms with Gasteiger partial charge in [-0.3, -0.25) is 0 Å². The Bertz CT molecular complexity index is 139. The molecule has 1 aliphatic rings. The van der Waals surface area contributed by atoms with Gasteiger partial charge in [0.1, 0.15) is 0 Å². The Morgan fingerprint density at radius 1 is 1.50 bits per heavy atom. The molecular formula is C8H17NO3. The second-order valence-electron chi connectivity index (χ2n) is 3.63. The Morgan fingerprint density at radius 3 is 2.42 bits per heavy atom. The lowest BCUT2D eigenvalue weighted by molar-refractivity contribution is -0.264. The van der Waals surface area contributed by atoms with Crippen LogP contribution < -0.4 is 5.73 Å². The number of hydrogen-bond donors (Lipinski definition) is 2. The van der Waals surface area contributed by atoms with Gasteiger partial charge in [0.25, 0.3) is 0 Å². The minimum atomic E-state index is -0.494. The van der Waals surface area contributed by atoms with Crippen LogP contribution in [-0.2, 0) is 9.47 Å². The van der Waals surface area contributed by atoms with Crippen molar-refractivity contribution in [3.8, 4) is 0 Å². The molecule has 1 aliphatic heterocycles. The van der Waals surface area contributed by atoms with Crippen LogP contribution in [0.2, 0.25) is 0 Å². The van der Waals surface area contributed by atoms with Crippen LogP contribution in [0.5, 0.6) is 0 Å². The van der Waals surface area contributed by atoms with Crippen LogP contribution in [0.25, 0.3) is 0 Å². The molecule has 1 heterocycles. The molecule has 0 bridgehead atoms. The highest BCUT2D eigenvalue weighted by atomic mass is 16.7. The summed E-state index contributed by atoms with van der Waals surface area (Å²) >= 11 is 0. The first-order valence-corrected chi connectivity index (χ1v) is 4.19. The average Bonchev–Trinajstić information content (AvgIpc) is 2.03. The van der Waals surface area contributed by atoms with Gasteiger partial charge in [-0.15, -0.1) is 0 Å². The van der Waals surface area contributed by atoms with E-state index in [1.165, 1.54) is 0 Å². The second kappa shape index (κ2) is 3.70. The number of ether oxygens (including phenoxy) is 2. The van der Waals surface area contributed by atoms with E-state index in [0.29, 0.717) is 13.2 Å². The number of rotatable bonds is 2. The molecule has 12 heavy (non-hydrogen) atoms. The molecule has 72 valence electrons. The number of aliphatic hydroxyl groups excluding tert-OH is 1. The summed E-state index contributed by atoms with van der Waals surface area (Å²) in [6, 6.07) is -0.235. The third kappa shape index (κ3) is 2.42. The second-order valence-corrected chi connectivity index (χ2v) is 3.63. The minimum Gasteiger partial charge on any atom is -0.395 e. The van der Waals surface area contributed by atoms with Gasteiger partial charge in [-0.05, 0) is 13.8 Å². The zero-order valence-electron chi connectivity index (χ0n) is 7.62. The van der Waals surface area contributed by atoms with Gasteiger partial charge in [0.15, 0.2) is 5.79 Å². The maximum absolute atomic E-state index is 8.78. The zero-order valence-corrected chi connectivity index (χ0v) is 7.62. The van der Waals surface area contributed by atoms with Gasteiger partial charge in [0.2, 0.25) is 0 Å². The van der Waals surface area contributed by atoms with Crippen molar-refractivity contribution in [3.63, 3.8) is 0 Å². The fraction of sp³-hybridized carbons (Fsp3) is 1.00. The van der Waals surface area contributed by atoms with Gasteiger partial charge < -0.3 is 20.3 Å². The smallest absolute Gasteiger partial charge is 0.162 e. The molecule has 0 aromatic rings. The van der Waals surface area contributed by atoms with Crippen LogP contribution in [0.1, 0.15) is 13.8 Å². The summed E-state index contributed by atoms with van der Waals surface area (Å²) in [5.41, 5.74) is 5.63. The van der Waals surface area contributed by atoms with Crippen molar-refractivity contribution >= 4 is 0 Å². The molecule has 0 aromatic heterocycles. The molecule has 0 aliphatic carbocycles.